The van der Waals surface area contributed by atoms with Gasteiger partial charge < -0.3 is 24.4 Å². The second kappa shape index (κ2) is 22.7. The van der Waals surface area contributed by atoms with Gasteiger partial charge in [-0.15, -0.1) is 0 Å². The van der Waals surface area contributed by atoms with Crippen LogP contribution < -0.4 is 19.5 Å². The molecular formula is C38H58N4O4. The van der Waals surface area contributed by atoms with Gasteiger partial charge in [0, 0.05) is 23.9 Å². The molecule has 0 fully saturated rings. The van der Waals surface area contributed by atoms with Gasteiger partial charge in [-0.3, -0.25) is 9.48 Å². The molecule has 1 N–H and O–H groups in total. The molecule has 0 aliphatic rings. The van der Waals surface area contributed by atoms with E-state index in [1.807, 2.05) is 36.5 Å². The van der Waals surface area contributed by atoms with Gasteiger partial charge in [0.2, 0.25) is 0 Å². The summed E-state index contributed by atoms with van der Waals surface area (Å²) >= 11 is 0. The number of unbranched alkanes of at least 4 members (excludes halogenated alkanes) is 8. The van der Waals surface area contributed by atoms with E-state index in [1.54, 1.807) is 30.1 Å². The number of hydrogen-bond acceptors (Lipinski definition) is 6. The molecule has 254 valence electrons. The van der Waals surface area contributed by atoms with E-state index in [4.69, 9.17) is 14.2 Å². The molecule has 0 radical (unpaired) electrons. The van der Waals surface area contributed by atoms with Crippen molar-refractivity contribution < 1.29 is 19.0 Å². The molecule has 3 rings (SSSR count). The minimum Gasteiger partial charge on any atom is -0.496 e. The van der Waals surface area contributed by atoms with Gasteiger partial charge in [-0.1, -0.05) is 115 Å². The van der Waals surface area contributed by atoms with Crippen LogP contribution in [0.4, 0.5) is 5.69 Å². The first kappa shape index (κ1) is 38.4. The van der Waals surface area contributed by atoms with E-state index in [9.17, 15) is 4.79 Å². The van der Waals surface area contributed by atoms with Gasteiger partial charge in [0.15, 0.2) is 6.04 Å². The predicted molar refractivity (Wildman–Crippen MR) is 191 cm³/mol. The Bertz CT molecular complexity index is 1240. The summed E-state index contributed by atoms with van der Waals surface area (Å²) in [5.74, 6) is 1.19. The molecule has 0 aliphatic carbocycles. The van der Waals surface area contributed by atoms with Crippen molar-refractivity contribution in [2.75, 3.05) is 46.3 Å². The fraction of sp³-hybridized carbons (Fsp3) is 0.526. The van der Waals surface area contributed by atoms with Crippen molar-refractivity contribution in [1.82, 2.24) is 14.7 Å². The van der Waals surface area contributed by atoms with E-state index >= 15 is 0 Å². The van der Waals surface area contributed by atoms with E-state index in [-0.39, 0.29) is 5.91 Å². The van der Waals surface area contributed by atoms with Gasteiger partial charge in [-0.25, -0.2) is 0 Å². The van der Waals surface area contributed by atoms with Crippen LogP contribution in [-0.2, 0) is 4.79 Å². The zero-order valence-electron chi connectivity index (χ0n) is 29.4. The van der Waals surface area contributed by atoms with Crippen molar-refractivity contribution in [3.63, 3.8) is 0 Å². The summed E-state index contributed by atoms with van der Waals surface area (Å²) in [4.78, 5) is 16.1. The molecule has 0 bridgehead atoms. The molecule has 1 amide bonds. The van der Waals surface area contributed by atoms with Crippen LogP contribution in [0, 0.1) is 0 Å². The number of methoxy groups -OCH3 is 3. The second-order valence-corrected chi connectivity index (χ2v) is 11.2. The van der Waals surface area contributed by atoms with Crippen LogP contribution in [0.1, 0.15) is 103 Å². The standard InChI is InChI=1S/C32H43N3O4.C6H15N/c1-5-6-7-8-9-10-11-12-13-15-18-25-23-33-35(24-25)31(26-19-16-14-17-20-26)32(36)34-30-28(38-3)21-27(37-2)22-29(30)39-4;1-4-7(5-2)6-3/h14-24,31H,5-13H2,1-4H3,(H,34,36);4-6H2,1-3H3/b18-15+;. The summed E-state index contributed by atoms with van der Waals surface area (Å²) in [6, 6.07) is 12.3. The average Bonchev–Trinajstić information content (AvgIpc) is 3.55. The Balaban J connectivity index is 0.000000942. The summed E-state index contributed by atoms with van der Waals surface area (Å²) in [6.07, 6.45) is 19.5. The van der Waals surface area contributed by atoms with Crippen molar-refractivity contribution in [2.45, 2.75) is 91.5 Å². The van der Waals surface area contributed by atoms with Crippen molar-refractivity contribution in [1.29, 1.82) is 0 Å². The van der Waals surface area contributed by atoms with Crippen LogP contribution >= 0.6 is 0 Å². The Labute approximate surface area is 278 Å². The molecule has 46 heavy (non-hydrogen) atoms. The van der Waals surface area contributed by atoms with Crippen LogP contribution in [0.25, 0.3) is 6.08 Å². The van der Waals surface area contributed by atoms with E-state index in [2.05, 4.69) is 55.2 Å². The molecular weight excluding hydrogens is 576 g/mol. The first-order valence-electron chi connectivity index (χ1n) is 17.0. The summed E-state index contributed by atoms with van der Waals surface area (Å²) in [7, 11) is 4.65. The Morgan fingerprint density at radius 2 is 1.43 bits per heavy atom. The summed E-state index contributed by atoms with van der Waals surface area (Å²) in [6.45, 7) is 12.4. The third kappa shape index (κ3) is 12.9. The quantitative estimate of drug-likeness (QED) is 0.125. The van der Waals surface area contributed by atoms with E-state index < -0.39 is 6.04 Å². The van der Waals surface area contributed by atoms with Crippen LogP contribution in [0.2, 0.25) is 0 Å². The largest absolute Gasteiger partial charge is 0.496 e. The maximum Gasteiger partial charge on any atom is 0.254 e. The fourth-order valence-electron chi connectivity index (χ4n) is 5.25. The molecule has 0 saturated carbocycles. The third-order valence-corrected chi connectivity index (χ3v) is 8.09. The molecule has 2 aromatic carbocycles. The second-order valence-electron chi connectivity index (χ2n) is 11.2. The molecule has 0 spiro atoms. The van der Waals surface area contributed by atoms with Crippen LogP contribution in [-0.4, -0.2) is 61.6 Å². The third-order valence-electron chi connectivity index (χ3n) is 8.09. The summed E-state index contributed by atoms with van der Waals surface area (Å²) < 4.78 is 18.1. The first-order valence-corrected chi connectivity index (χ1v) is 17.0. The number of aromatic nitrogens is 2. The topological polar surface area (TPSA) is 77.9 Å². The highest BCUT2D eigenvalue weighted by Crippen LogP contribution is 2.39. The smallest absolute Gasteiger partial charge is 0.254 e. The van der Waals surface area contributed by atoms with Gasteiger partial charge in [0.25, 0.3) is 5.91 Å². The zero-order chi connectivity index (χ0) is 33.6. The normalized spacial score (nSPS) is 11.7. The van der Waals surface area contributed by atoms with Crippen LogP contribution in [0.15, 0.2) is 60.9 Å². The van der Waals surface area contributed by atoms with Gasteiger partial charge in [0.05, 0.1) is 27.5 Å². The zero-order valence-corrected chi connectivity index (χ0v) is 29.4. The van der Waals surface area contributed by atoms with Gasteiger partial charge in [0.1, 0.15) is 22.9 Å². The van der Waals surface area contributed by atoms with Crippen molar-refractivity contribution in [2.24, 2.45) is 0 Å². The molecule has 8 nitrogen and oxygen atoms in total. The number of ether oxygens (including phenoxy) is 3. The molecule has 0 saturated heterocycles. The van der Waals surface area contributed by atoms with Gasteiger partial charge in [-0.2, -0.15) is 5.10 Å². The number of nitrogens with zero attached hydrogens (tertiary/aromatic N) is 3. The van der Waals surface area contributed by atoms with Crippen molar-refractivity contribution in [3.05, 3.63) is 72.1 Å². The Morgan fingerprint density at radius 3 is 1.96 bits per heavy atom. The predicted octanol–water partition coefficient (Wildman–Crippen LogP) is 9.03. The fourth-order valence-corrected chi connectivity index (χ4v) is 5.25. The lowest BCUT2D eigenvalue weighted by atomic mass is 10.1. The SMILES string of the molecule is CCCCCCCCCC/C=C/c1cnn(C(C(=O)Nc2c(OC)cc(OC)cc2OC)c2ccccc2)c1.CCN(CC)CC. The number of nitrogens with one attached hydrogen (secondary N) is 1. The number of carbonyl (C=O) groups is 1. The average molecular weight is 635 g/mol. The Hall–Kier alpha value is -3.78. The van der Waals surface area contributed by atoms with E-state index in [1.165, 1.54) is 85.2 Å². The molecule has 1 atom stereocenters. The first-order chi connectivity index (χ1) is 22.5. The van der Waals surface area contributed by atoms with Crippen molar-refractivity contribution >= 4 is 17.7 Å². The van der Waals surface area contributed by atoms with Crippen molar-refractivity contribution in [3.8, 4) is 17.2 Å². The van der Waals surface area contributed by atoms with Gasteiger partial charge >= 0.3 is 0 Å². The monoisotopic (exact) mass is 634 g/mol. The lowest BCUT2D eigenvalue weighted by molar-refractivity contribution is -0.118. The molecule has 1 aromatic heterocycles. The molecule has 0 aliphatic heterocycles. The van der Waals surface area contributed by atoms with E-state index in [0.717, 1.165) is 17.5 Å². The molecule has 1 heterocycles. The summed E-state index contributed by atoms with van der Waals surface area (Å²) in [5, 5.41) is 7.56. The number of hydrogen-bond donors (Lipinski definition) is 1. The Kier molecular flexibility index (Phi) is 18.9. The van der Waals surface area contributed by atoms with Gasteiger partial charge in [-0.05, 0) is 38.0 Å². The number of carbonyl (C=O) groups excluding carboxylic acids is 1. The highest BCUT2D eigenvalue weighted by atomic mass is 16.5. The Morgan fingerprint density at radius 1 is 0.848 bits per heavy atom. The highest BCUT2D eigenvalue weighted by Gasteiger charge is 2.26. The van der Waals surface area contributed by atoms with E-state index in [0.29, 0.717) is 22.9 Å². The number of rotatable bonds is 20. The van der Waals surface area contributed by atoms with Crippen LogP contribution in [0.5, 0.6) is 17.2 Å². The molecule has 1 unspecified atom stereocenters. The maximum atomic E-state index is 13.7. The molecule has 8 heteroatoms. The minimum atomic E-state index is -0.683. The number of benzene rings is 2. The number of amides is 1. The number of anilines is 1. The maximum absolute atomic E-state index is 13.7. The highest BCUT2D eigenvalue weighted by molar-refractivity contribution is 5.98. The lowest BCUT2D eigenvalue weighted by Gasteiger charge is -2.20. The number of allylic oxidation sites excluding steroid dienone is 1. The lowest BCUT2D eigenvalue weighted by Crippen LogP contribution is -2.27. The molecule has 3 aromatic rings. The van der Waals surface area contributed by atoms with Crippen LogP contribution in [0.3, 0.4) is 0 Å². The minimum absolute atomic E-state index is 0.263. The summed E-state index contributed by atoms with van der Waals surface area (Å²) in [5.41, 5.74) is 2.21.